The standard InChI is InChI=1S/C19H20N4O2/c1-14-11-17(18-20-5-6-23(18)13-14)19(24)21-15-3-2-4-16(12-15)22-7-9-25-10-8-22/h2-6,11-13H,7-10H2,1H3,(H,21,24). The maximum absolute atomic E-state index is 12.8. The fraction of sp³-hybridized carbons (Fsp3) is 0.263. The predicted molar refractivity (Wildman–Crippen MR) is 97.4 cm³/mol. The second kappa shape index (κ2) is 6.57. The summed E-state index contributed by atoms with van der Waals surface area (Å²) in [6.07, 6.45) is 5.50. The molecule has 0 aliphatic carbocycles. The first-order valence-electron chi connectivity index (χ1n) is 8.38. The van der Waals surface area contributed by atoms with Gasteiger partial charge in [-0.3, -0.25) is 4.79 Å². The number of anilines is 2. The van der Waals surface area contributed by atoms with Gasteiger partial charge in [0.25, 0.3) is 5.91 Å². The number of ether oxygens (including phenoxy) is 1. The number of aromatic nitrogens is 2. The van der Waals surface area contributed by atoms with Crippen LogP contribution in [0.2, 0.25) is 0 Å². The third-order valence-corrected chi connectivity index (χ3v) is 4.35. The minimum atomic E-state index is -0.154. The number of nitrogens with one attached hydrogen (secondary N) is 1. The van der Waals surface area contributed by atoms with Gasteiger partial charge in [-0.2, -0.15) is 0 Å². The van der Waals surface area contributed by atoms with Crippen molar-refractivity contribution >= 4 is 22.9 Å². The first-order valence-corrected chi connectivity index (χ1v) is 8.38. The van der Waals surface area contributed by atoms with Gasteiger partial charge in [-0.25, -0.2) is 4.98 Å². The van der Waals surface area contributed by atoms with E-state index < -0.39 is 0 Å². The monoisotopic (exact) mass is 336 g/mol. The van der Waals surface area contributed by atoms with Gasteiger partial charge in [0.1, 0.15) is 5.65 Å². The molecule has 6 nitrogen and oxygen atoms in total. The Balaban J connectivity index is 1.59. The molecule has 0 radical (unpaired) electrons. The van der Waals surface area contributed by atoms with Gasteiger partial charge in [0, 0.05) is 43.1 Å². The predicted octanol–water partition coefficient (Wildman–Crippen LogP) is 2.73. The van der Waals surface area contributed by atoms with E-state index in [0.717, 1.165) is 43.2 Å². The van der Waals surface area contributed by atoms with Crippen molar-refractivity contribution in [2.24, 2.45) is 0 Å². The SMILES string of the molecule is Cc1cc(C(=O)Nc2cccc(N3CCOCC3)c2)c2nccn2c1. The van der Waals surface area contributed by atoms with E-state index in [1.165, 1.54) is 0 Å². The second-order valence-electron chi connectivity index (χ2n) is 6.19. The molecule has 0 atom stereocenters. The summed E-state index contributed by atoms with van der Waals surface area (Å²) in [6, 6.07) is 9.79. The van der Waals surface area contributed by atoms with Crippen molar-refractivity contribution in [3.8, 4) is 0 Å². The maximum atomic E-state index is 12.8. The lowest BCUT2D eigenvalue weighted by atomic mass is 10.2. The van der Waals surface area contributed by atoms with Crippen molar-refractivity contribution in [2.45, 2.75) is 6.92 Å². The number of pyridine rings is 1. The summed E-state index contributed by atoms with van der Waals surface area (Å²) in [6.45, 7) is 5.17. The van der Waals surface area contributed by atoms with E-state index in [0.29, 0.717) is 11.2 Å². The molecule has 1 aliphatic rings. The van der Waals surface area contributed by atoms with Gasteiger partial charge in [-0.15, -0.1) is 0 Å². The van der Waals surface area contributed by atoms with Gasteiger partial charge in [0.05, 0.1) is 18.8 Å². The summed E-state index contributed by atoms with van der Waals surface area (Å²) in [7, 11) is 0. The molecule has 25 heavy (non-hydrogen) atoms. The van der Waals surface area contributed by atoms with Crippen molar-refractivity contribution in [3.63, 3.8) is 0 Å². The molecule has 0 saturated carbocycles. The van der Waals surface area contributed by atoms with Crippen LogP contribution in [-0.2, 0) is 4.74 Å². The number of carbonyl (C=O) groups excluding carboxylic acids is 1. The van der Waals surface area contributed by atoms with Gasteiger partial charge in [0.15, 0.2) is 0 Å². The number of benzene rings is 1. The first kappa shape index (κ1) is 15.7. The molecular weight excluding hydrogens is 316 g/mol. The minimum absolute atomic E-state index is 0.154. The van der Waals surface area contributed by atoms with E-state index in [1.807, 2.05) is 48.0 Å². The molecule has 3 aromatic rings. The highest BCUT2D eigenvalue weighted by Gasteiger charge is 2.15. The Morgan fingerprint density at radius 1 is 1.24 bits per heavy atom. The van der Waals surface area contributed by atoms with Crippen LogP contribution in [0.25, 0.3) is 5.65 Å². The topological polar surface area (TPSA) is 58.9 Å². The molecule has 0 unspecified atom stereocenters. The van der Waals surface area contributed by atoms with Gasteiger partial charge in [-0.05, 0) is 36.8 Å². The van der Waals surface area contributed by atoms with E-state index in [-0.39, 0.29) is 5.91 Å². The van der Waals surface area contributed by atoms with Crippen molar-refractivity contribution < 1.29 is 9.53 Å². The van der Waals surface area contributed by atoms with E-state index in [2.05, 4.69) is 21.3 Å². The number of rotatable bonds is 3. The molecule has 0 bridgehead atoms. The molecule has 1 aliphatic heterocycles. The van der Waals surface area contributed by atoms with Gasteiger partial charge in [-0.1, -0.05) is 6.07 Å². The van der Waals surface area contributed by atoms with Crippen LogP contribution in [0.1, 0.15) is 15.9 Å². The van der Waals surface area contributed by atoms with Crippen LogP contribution in [0.4, 0.5) is 11.4 Å². The molecule has 3 heterocycles. The average Bonchev–Trinajstić information content (AvgIpc) is 3.10. The molecular formula is C19H20N4O2. The Morgan fingerprint density at radius 2 is 2.08 bits per heavy atom. The number of carbonyl (C=O) groups is 1. The summed E-state index contributed by atoms with van der Waals surface area (Å²) in [5, 5.41) is 3.00. The molecule has 6 heteroatoms. The molecule has 128 valence electrons. The van der Waals surface area contributed by atoms with E-state index >= 15 is 0 Å². The van der Waals surface area contributed by atoms with Crippen LogP contribution in [-0.4, -0.2) is 41.6 Å². The lowest BCUT2D eigenvalue weighted by Gasteiger charge is -2.29. The first-order chi connectivity index (χ1) is 12.2. The quantitative estimate of drug-likeness (QED) is 0.799. The largest absolute Gasteiger partial charge is 0.378 e. The highest BCUT2D eigenvalue weighted by atomic mass is 16.5. The number of nitrogens with zero attached hydrogens (tertiary/aromatic N) is 3. The number of imidazole rings is 1. The minimum Gasteiger partial charge on any atom is -0.378 e. The Labute approximate surface area is 146 Å². The summed E-state index contributed by atoms with van der Waals surface area (Å²) >= 11 is 0. The summed E-state index contributed by atoms with van der Waals surface area (Å²) in [4.78, 5) is 19.3. The number of aryl methyl sites for hydroxylation is 1. The Bertz CT molecular complexity index is 913. The fourth-order valence-electron chi connectivity index (χ4n) is 3.14. The number of hydrogen-bond acceptors (Lipinski definition) is 4. The molecule has 1 aromatic carbocycles. The Hall–Kier alpha value is -2.86. The van der Waals surface area contributed by atoms with E-state index in [9.17, 15) is 4.79 Å². The highest BCUT2D eigenvalue weighted by Crippen LogP contribution is 2.22. The molecule has 0 spiro atoms. The summed E-state index contributed by atoms with van der Waals surface area (Å²) < 4.78 is 7.27. The Morgan fingerprint density at radius 3 is 2.92 bits per heavy atom. The lowest BCUT2D eigenvalue weighted by Crippen LogP contribution is -2.36. The molecule has 4 rings (SSSR count). The third-order valence-electron chi connectivity index (χ3n) is 4.35. The second-order valence-corrected chi connectivity index (χ2v) is 6.19. The zero-order valence-electron chi connectivity index (χ0n) is 14.1. The number of fused-ring (bicyclic) bond motifs is 1. The van der Waals surface area contributed by atoms with Gasteiger partial charge in [0.2, 0.25) is 0 Å². The van der Waals surface area contributed by atoms with Crippen LogP contribution in [0.5, 0.6) is 0 Å². The Kier molecular flexibility index (Phi) is 4.11. The van der Waals surface area contributed by atoms with Crippen LogP contribution < -0.4 is 10.2 Å². The average molecular weight is 336 g/mol. The lowest BCUT2D eigenvalue weighted by molar-refractivity contribution is 0.102. The van der Waals surface area contributed by atoms with Gasteiger partial charge < -0.3 is 19.4 Å². The number of hydrogen-bond donors (Lipinski definition) is 1. The van der Waals surface area contributed by atoms with Crippen LogP contribution in [0.15, 0.2) is 48.9 Å². The summed E-state index contributed by atoms with van der Waals surface area (Å²) in [5.41, 5.74) is 4.11. The van der Waals surface area contributed by atoms with Crippen molar-refractivity contribution in [2.75, 3.05) is 36.5 Å². The molecule has 1 fully saturated rings. The third kappa shape index (κ3) is 3.21. The van der Waals surface area contributed by atoms with Crippen molar-refractivity contribution in [1.29, 1.82) is 0 Å². The number of amides is 1. The fourth-order valence-corrected chi connectivity index (χ4v) is 3.14. The normalized spacial score (nSPS) is 14.7. The molecule has 1 saturated heterocycles. The summed E-state index contributed by atoms with van der Waals surface area (Å²) in [5.74, 6) is -0.154. The van der Waals surface area contributed by atoms with E-state index in [1.54, 1.807) is 6.20 Å². The highest BCUT2D eigenvalue weighted by molar-refractivity contribution is 6.08. The van der Waals surface area contributed by atoms with Crippen LogP contribution in [0.3, 0.4) is 0 Å². The van der Waals surface area contributed by atoms with Crippen LogP contribution in [0, 0.1) is 6.92 Å². The maximum Gasteiger partial charge on any atom is 0.259 e. The zero-order valence-corrected chi connectivity index (χ0v) is 14.1. The van der Waals surface area contributed by atoms with E-state index in [4.69, 9.17) is 4.74 Å². The zero-order chi connectivity index (χ0) is 17.2. The molecule has 2 aromatic heterocycles. The van der Waals surface area contributed by atoms with Crippen molar-refractivity contribution in [3.05, 3.63) is 60.0 Å². The van der Waals surface area contributed by atoms with Crippen molar-refractivity contribution in [1.82, 2.24) is 9.38 Å². The molecule has 1 N–H and O–H groups in total. The van der Waals surface area contributed by atoms with Crippen LogP contribution >= 0.6 is 0 Å². The molecule has 1 amide bonds. The van der Waals surface area contributed by atoms with Gasteiger partial charge >= 0.3 is 0 Å². The number of morpholine rings is 1. The smallest absolute Gasteiger partial charge is 0.259 e.